The Hall–Kier alpha value is -2.41. The van der Waals surface area contributed by atoms with E-state index in [1.807, 2.05) is 10.8 Å². The highest BCUT2D eigenvalue weighted by Gasteiger charge is 2.26. The summed E-state index contributed by atoms with van der Waals surface area (Å²) < 4.78 is 7.31. The molecular formula is C16H18N4O3. The minimum Gasteiger partial charge on any atom is -0.477 e. The number of carboxylic acids is 1. The monoisotopic (exact) mass is 314 g/mol. The highest BCUT2D eigenvalue weighted by Crippen LogP contribution is 2.39. The van der Waals surface area contributed by atoms with E-state index in [0.717, 1.165) is 30.2 Å². The van der Waals surface area contributed by atoms with Crippen LogP contribution in [-0.2, 0) is 4.74 Å². The number of carbonyl (C=O) groups is 1. The first kappa shape index (κ1) is 14.2. The second-order valence-electron chi connectivity index (χ2n) is 5.94. The number of nitrogens with zero attached hydrogens (tertiary/aromatic N) is 4. The van der Waals surface area contributed by atoms with Crippen molar-refractivity contribution in [3.8, 4) is 5.69 Å². The zero-order chi connectivity index (χ0) is 15.8. The Bertz CT molecular complexity index is 733. The van der Waals surface area contributed by atoms with Crippen molar-refractivity contribution in [2.75, 3.05) is 31.2 Å². The second-order valence-corrected chi connectivity index (χ2v) is 5.94. The molecule has 1 N–H and O–H groups in total. The fraction of sp³-hybridized carbons (Fsp3) is 0.438. The average Bonchev–Trinajstić information content (AvgIpc) is 3.32. The van der Waals surface area contributed by atoms with E-state index in [1.165, 1.54) is 12.8 Å². The summed E-state index contributed by atoms with van der Waals surface area (Å²) in [6.07, 6.45) is 7.77. The van der Waals surface area contributed by atoms with Crippen molar-refractivity contribution in [3.05, 3.63) is 36.2 Å². The van der Waals surface area contributed by atoms with Gasteiger partial charge in [0.15, 0.2) is 0 Å². The van der Waals surface area contributed by atoms with Crippen LogP contribution in [0.2, 0.25) is 0 Å². The minimum absolute atomic E-state index is 0.0404. The molecule has 1 aliphatic carbocycles. The molecule has 2 fully saturated rings. The number of hydrogen-bond acceptors (Lipinski definition) is 5. The molecule has 23 heavy (non-hydrogen) atoms. The molecule has 3 heterocycles. The first-order valence-electron chi connectivity index (χ1n) is 7.82. The lowest BCUT2D eigenvalue weighted by atomic mass is 10.2. The van der Waals surface area contributed by atoms with Gasteiger partial charge in [-0.3, -0.25) is 0 Å². The molecule has 7 nitrogen and oxygen atoms in total. The highest BCUT2D eigenvalue weighted by molar-refractivity contribution is 5.87. The molecule has 7 heteroatoms. The van der Waals surface area contributed by atoms with Crippen molar-refractivity contribution < 1.29 is 14.6 Å². The van der Waals surface area contributed by atoms with E-state index < -0.39 is 5.97 Å². The van der Waals surface area contributed by atoms with Gasteiger partial charge in [-0.2, -0.15) is 0 Å². The van der Waals surface area contributed by atoms with Crippen LogP contribution in [0.15, 0.2) is 24.8 Å². The molecule has 0 bridgehead atoms. The fourth-order valence-corrected chi connectivity index (χ4v) is 2.87. The third-order valence-corrected chi connectivity index (χ3v) is 4.31. The maximum Gasteiger partial charge on any atom is 0.354 e. The van der Waals surface area contributed by atoms with Crippen LogP contribution in [0.25, 0.3) is 5.69 Å². The van der Waals surface area contributed by atoms with Gasteiger partial charge in [-0.1, -0.05) is 0 Å². The number of anilines is 1. The first-order chi connectivity index (χ1) is 11.2. The molecule has 2 aliphatic rings. The molecule has 2 aromatic heterocycles. The molecule has 1 saturated heterocycles. The number of morpholine rings is 1. The lowest BCUT2D eigenvalue weighted by Gasteiger charge is -2.30. The molecule has 4 rings (SSSR count). The molecule has 2 aromatic rings. The Labute approximate surface area is 133 Å². The fourth-order valence-electron chi connectivity index (χ4n) is 2.87. The summed E-state index contributed by atoms with van der Waals surface area (Å²) in [5, 5.41) is 9.24. The number of pyridine rings is 1. The standard InChI is InChI=1S/C16H18N4O3/c21-16(22)12-7-14(20-9-13(18-10-20)11-1-2-11)15(8-17-12)19-3-5-23-6-4-19/h7-11H,1-6H2,(H,21,22). The van der Waals surface area contributed by atoms with Gasteiger partial charge in [0.25, 0.3) is 0 Å². The highest BCUT2D eigenvalue weighted by atomic mass is 16.5. The lowest BCUT2D eigenvalue weighted by molar-refractivity contribution is 0.0690. The number of rotatable bonds is 4. The van der Waals surface area contributed by atoms with Crippen molar-refractivity contribution >= 4 is 11.7 Å². The first-order valence-corrected chi connectivity index (χ1v) is 7.82. The molecule has 0 radical (unpaired) electrons. The van der Waals surface area contributed by atoms with Crippen molar-refractivity contribution in [2.45, 2.75) is 18.8 Å². The summed E-state index contributed by atoms with van der Waals surface area (Å²) in [6.45, 7) is 2.87. The number of hydrogen-bond donors (Lipinski definition) is 1. The number of aromatic carboxylic acids is 1. The Morgan fingerprint density at radius 3 is 2.70 bits per heavy atom. The van der Waals surface area contributed by atoms with Gasteiger partial charge in [0.05, 0.1) is 42.8 Å². The predicted molar refractivity (Wildman–Crippen MR) is 83.3 cm³/mol. The van der Waals surface area contributed by atoms with Crippen molar-refractivity contribution in [1.29, 1.82) is 0 Å². The Morgan fingerprint density at radius 1 is 1.22 bits per heavy atom. The summed E-state index contributed by atoms with van der Waals surface area (Å²) in [4.78, 5) is 22.0. The molecule has 0 spiro atoms. The zero-order valence-corrected chi connectivity index (χ0v) is 12.7. The Morgan fingerprint density at radius 2 is 2.00 bits per heavy atom. The average molecular weight is 314 g/mol. The van der Waals surface area contributed by atoms with E-state index in [0.29, 0.717) is 19.1 Å². The zero-order valence-electron chi connectivity index (χ0n) is 12.7. The molecule has 1 saturated carbocycles. The van der Waals surface area contributed by atoms with Gasteiger partial charge in [-0.05, 0) is 18.9 Å². The molecule has 120 valence electrons. The van der Waals surface area contributed by atoms with E-state index in [9.17, 15) is 9.90 Å². The summed E-state index contributed by atoms with van der Waals surface area (Å²) in [5.74, 6) is -0.467. The van der Waals surface area contributed by atoms with Gasteiger partial charge in [0.2, 0.25) is 0 Å². The topological polar surface area (TPSA) is 80.5 Å². The van der Waals surface area contributed by atoms with Gasteiger partial charge in [0, 0.05) is 25.2 Å². The van der Waals surface area contributed by atoms with Crippen LogP contribution in [0.5, 0.6) is 0 Å². The number of carboxylic acid groups (broad SMARTS) is 1. The molecular weight excluding hydrogens is 296 g/mol. The van der Waals surface area contributed by atoms with Gasteiger partial charge in [-0.15, -0.1) is 0 Å². The van der Waals surface area contributed by atoms with E-state index in [-0.39, 0.29) is 5.69 Å². The minimum atomic E-state index is -1.03. The summed E-state index contributed by atoms with van der Waals surface area (Å²) >= 11 is 0. The Balaban J connectivity index is 1.76. The Kier molecular flexibility index (Phi) is 3.49. The van der Waals surface area contributed by atoms with E-state index in [4.69, 9.17) is 4.74 Å². The lowest BCUT2D eigenvalue weighted by Crippen LogP contribution is -2.37. The van der Waals surface area contributed by atoms with Gasteiger partial charge < -0.3 is 19.3 Å². The van der Waals surface area contributed by atoms with E-state index >= 15 is 0 Å². The normalized spacial score (nSPS) is 18.2. The van der Waals surface area contributed by atoms with Crippen LogP contribution in [0.1, 0.15) is 34.9 Å². The SMILES string of the molecule is O=C(O)c1cc(-n2cnc(C3CC3)c2)c(N2CCOCC2)cn1. The molecule has 0 unspecified atom stereocenters. The van der Waals surface area contributed by atoms with Gasteiger partial charge in [0.1, 0.15) is 5.69 Å². The van der Waals surface area contributed by atoms with Gasteiger partial charge in [-0.25, -0.2) is 14.8 Å². The summed E-state index contributed by atoms with van der Waals surface area (Å²) in [7, 11) is 0. The maximum atomic E-state index is 11.3. The van der Waals surface area contributed by atoms with E-state index in [1.54, 1.807) is 18.6 Å². The molecule has 0 atom stereocenters. The van der Waals surface area contributed by atoms with Crippen LogP contribution < -0.4 is 4.90 Å². The van der Waals surface area contributed by atoms with Crippen LogP contribution in [-0.4, -0.2) is 51.9 Å². The molecule has 1 aliphatic heterocycles. The number of aromatic nitrogens is 3. The van der Waals surface area contributed by atoms with Crippen molar-refractivity contribution in [1.82, 2.24) is 14.5 Å². The molecule has 0 aromatic carbocycles. The quantitative estimate of drug-likeness (QED) is 0.925. The maximum absolute atomic E-state index is 11.3. The third-order valence-electron chi connectivity index (χ3n) is 4.31. The summed E-state index contributed by atoms with van der Waals surface area (Å²) in [6, 6.07) is 1.62. The predicted octanol–water partition coefficient (Wildman–Crippen LogP) is 1.68. The van der Waals surface area contributed by atoms with E-state index in [2.05, 4.69) is 14.9 Å². The van der Waals surface area contributed by atoms with Crippen LogP contribution in [0, 0.1) is 0 Å². The van der Waals surface area contributed by atoms with Crippen molar-refractivity contribution in [3.63, 3.8) is 0 Å². The summed E-state index contributed by atoms with van der Waals surface area (Å²) in [5.41, 5.74) is 2.84. The van der Waals surface area contributed by atoms with Crippen LogP contribution >= 0.6 is 0 Å². The van der Waals surface area contributed by atoms with Crippen molar-refractivity contribution in [2.24, 2.45) is 0 Å². The molecule has 0 amide bonds. The largest absolute Gasteiger partial charge is 0.477 e. The third kappa shape index (κ3) is 2.79. The van der Waals surface area contributed by atoms with Crippen LogP contribution in [0.4, 0.5) is 5.69 Å². The van der Waals surface area contributed by atoms with Gasteiger partial charge >= 0.3 is 5.97 Å². The second kappa shape index (κ2) is 5.66. The smallest absolute Gasteiger partial charge is 0.354 e. The van der Waals surface area contributed by atoms with Crippen LogP contribution in [0.3, 0.4) is 0 Å². The number of ether oxygens (including phenoxy) is 1. The number of imidazole rings is 1.